The summed E-state index contributed by atoms with van der Waals surface area (Å²) in [4.78, 5) is 11.1. The van der Waals surface area contributed by atoms with Crippen LogP contribution in [0.3, 0.4) is 0 Å². The molecule has 0 bridgehead atoms. The van der Waals surface area contributed by atoms with Gasteiger partial charge in [0.2, 0.25) is 10.0 Å². The third-order valence-corrected chi connectivity index (χ3v) is 6.76. The Morgan fingerprint density at radius 2 is 1.76 bits per heavy atom. The Labute approximate surface area is 147 Å². The number of aromatic carboxylic acids is 1. The molecule has 1 fully saturated rings. The van der Waals surface area contributed by atoms with Gasteiger partial charge in [-0.1, -0.05) is 37.6 Å². The Hall–Kier alpha value is -2.34. The highest BCUT2D eigenvalue weighted by molar-refractivity contribution is 7.93. The van der Waals surface area contributed by atoms with Crippen molar-refractivity contribution < 1.29 is 18.3 Å². The minimum absolute atomic E-state index is 0.160. The number of nitrogens with one attached hydrogen (secondary N) is 1. The van der Waals surface area contributed by atoms with E-state index < -0.39 is 16.0 Å². The van der Waals surface area contributed by atoms with E-state index in [4.69, 9.17) is 5.11 Å². The minimum Gasteiger partial charge on any atom is -0.478 e. The van der Waals surface area contributed by atoms with Gasteiger partial charge >= 0.3 is 5.97 Å². The second-order valence-electron chi connectivity index (χ2n) is 6.56. The van der Waals surface area contributed by atoms with Gasteiger partial charge in [-0.05, 0) is 54.2 Å². The van der Waals surface area contributed by atoms with Crippen molar-refractivity contribution >= 4 is 21.7 Å². The second-order valence-corrected chi connectivity index (χ2v) is 8.46. The zero-order chi connectivity index (χ0) is 18.0. The summed E-state index contributed by atoms with van der Waals surface area (Å²) < 4.78 is 27.9. The van der Waals surface area contributed by atoms with Crippen LogP contribution < -0.4 is 4.72 Å². The lowest BCUT2D eigenvalue weighted by Crippen LogP contribution is -2.29. The summed E-state index contributed by atoms with van der Waals surface area (Å²) in [5.41, 5.74) is 2.19. The monoisotopic (exact) mass is 359 g/mol. The number of hydrogen-bond donors (Lipinski definition) is 2. The number of hydrogen-bond acceptors (Lipinski definition) is 3. The third kappa shape index (κ3) is 3.85. The van der Waals surface area contributed by atoms with Gasteiger partial charge in [0.15, 0.2) is 0 Å². The summed E-state index contributed by atoms with van der Waals surface area (Å²) in [6, 6.07) is 13.6. The average molecular weight is 359 g/mol. The van der Waals surface area contributed by atoms with Gasteiger partial charge < -0.3 is 5.11 Å². The summed E-state index contributed by atoms with van der Waals surface area (Å²) in [7, 11) is -3.43. The summed E-state index contributed by atoms with van der Waals surface area (Å²) >= 11 is 0. The molecule has 2 aromatic rings. The lowest BCUT2D eigenvalue weighted by molar-refractivity contribution is 0.0697. The molecule has 0 heterocycles. The minimum atomic E-state index is -3.43. The van der Waals surface area contributed by atoms with E-state index in [2.05, 4.69) is 4.72 Å². The highest BCUT2D eigenvalue weighted by Gasteiger charge is 2.34. The molecule has 0 radical (unpaired) electrons. The lowest BCUT2D eigenvalue weighted by Gasteiger charge is -2.18. The van der Waals surface area contributed by atoms with Crippen molar-refractivity contribution in [2.45, 2.75) is 31.4 Å². The van der Waals surface area contributed by atoms with Crippen LogP contribution in [0.4, 0.5) is 5.69 Å². The Morgan fingerprint density at radius 3 is 2.40 bits per heavy atom. The predicted octanol–water partition coefficient (Wildman–Crippen LogP) is 3.98. The molecule has 25 heavy (non-hydrogen) atoms. The smallest absolute Gasteiger partial charge is 0.335 e. The van der Waals surface area contributed by atoms with Gasteiger partial charge in [0.25, 0.3) is 0 Å². The number of carboxylic acids is 1. The molecule has 2 atom stereocenters. The maximum Gasteiger partial charge on any atom is 0.335 e. The number of sulfonamides is 1. The van der Waals surface area contributed by atoms with Crippen LogP contribution in [-0.4, -0.2) is 24.7 Å². The highest BCUT2D eigenvalue weighted by Crippen LogP contribution is 2.32. The zero-order valence-corrected chi connectivity index (χ0v) is 14.8. The molecule has 0 aliphatic heterocycles. The van der Waals surface area contributed by atoms with Crippen molar-refractivity contribution in [2.24, 2.45) is 5.92 Å². The van der Waals surface area contributed by atoms with E-state index in [-0.39, 0.29) is 16.7 Å². The molecular formula is C19H21NO4S. The van der Waals surface area contributed by atoms with E-state index in [0.717, 1.165) is 24.0 Å². The molecule has 1 aliphatic rings. The number of rotatable bonds is 5. The highest BCUT2D eigenvalue weighted by atomic mass is 32.2. The van der Waals surface area contributed by atoms with Crippen molar-refractivity contribution in [3.05, 3.63) is 54.1 Å². The molecule has 2 aromatic carbocycles. The molecule has 0 spiro atoms. The first-order valence-electron chi connectivity index (χ1n) is 8.32. The fourth-order valence-corrected chi connectivity index (χ4v) is 5.24. The van der Waals surface area contributed by atoms with Gasteiger partial charge in [0.05, 0.1) is 10.8 Å². The van der Waals surface area contributed by atoms with Gasteiger partial charge in [-0.15, -0.1) is 0 Å². The van der Waals surface area contributed by atoms with Crippen LogP contribution in [0.15, 0.2) is 48.5 Å². The van der Waals surface area contributed by atoms with Crippen LogP contribution in [0.2, 0.25) is 0 Å². The first kappa shape index (κ1) is 17.5. The Morgan fingerprint density at radius 1 is 1.08 bits per heavy atom. The largest absolute Gasteiger partial charge is 0.478 e. The Balaban J connectivity index is 1.87. The van der Waals surface area contributed by atoms with Crippen molar-refractivity contribution in [2.75, 3.05) is 4.72 Å². The van der Waals surface area contributed by atoms with Gasteiger partial charge in [-0.2, -0.15) is 0 Å². The zero-order valence-electron chi connectivity index (χ0n) is 14.0. The molecule has 1 aliphatic carbocycles. The molecule has 1 saturated carbocycles. The van der Waals surface area contributed by atoms with Crippen molar-refractivity contribution in [3.63, 3.8) is 0 Å². The van der Waals surface area contributed by atoms with Crippen LogP contribution >= 0.6 is 0 Å². The van der Waals surface area contributed by atoms with Crippen molar-refractivity contribution in [1.29, 1.82) is 0 Å². The van der Waals surface area contributed by atoms with E-state index in [1.165, 1.54) is 6.07 Å². The molecule has 132 valence electrons. The first-order chi connectivity index (χ1) is 11.9. The molecule has 5 nitrogen and oxygen atoms in total. The SMILES string of the molecule is CC1CCCC1S(=O)(=O)Nc1cccc(-c2cccc(C(=O)O)c2)c1. The maximum atomic E-state index is 12.6. The van der Waals surface area contributed by atoms with E-state index in [9.17, 15) is 13.2 Å². The molecule has 3 rings (SSSR count). The first-order valence-corrected chi connectivity index (χ1v) is 9.87. The molecule has 2 unspecified atom stereocenters. The van der Waals surface area contributed by atoms with Gasteiger partial charge in [-0.25, -0.2) is 13.2 Å². The normalized spacial score (nSPS) is 20.4. The van der Waals surface area contributed by atoms with Gasteiger partial charge in [0, 0.05) is 5.69 Å². The summed E-state index contributed by atoms with van der Waals surface area (Å²) in [5.74, 6) is -0.832. The fraction of sp³-hybridized carbons (Fsp3) is 0.316. The average Bonchev–Trinajstić information content (AvgIpc) is 3.02. The third-order valence-electron chi connectivity index (χ3n) is 4.75. The number of carbonyl (C=O) groups is 1. The summed E-state index contributed by atoms with van der Waals surface area (Å²) in [5, 5.41) is 8.76. The fourth-order valence-electron chi connectivity index (χ4n) is 3.41. The topological polar surface area (TPSA) is 83.5 Å². The van der Waals surface area contributed by atoms with Gasteiger partial charge in [0.1, 0.15) is 0 Å². The molecule has 0 saturated heterocycles. The Kier molecular flexibility index (Phi) is 4.81. The number of benzene rings is 2. The second kappa shape index (κ2) is 6.88. The molecule has 0 amide bonds. The molecule has 6 heteroatoms. The van der Waals surface area contributed by atoms with Crippen molar-refractivity contribution in [1.82, 2.24) is 0 Å². The van der Waals surface area contributed by atoms with Crippen LogP contribution in [0.25, 0.3) is 11.1 Å². The molecular weight excluding hydrogens is 338 g/mol. The quantitative estimate of drug-likeness (QED) is 0.846. The van der Waals surface area contributed by atoms with E-state index in [1.54, 1.807) is 36.4 Å². The van der Waals surface area contributed by atoms with Crippen LogP contribution in [-0.2, 0) is 10.0 Å². The van der Waals surface area contributed by atoms with E-state index >= 15 is 0 Å². The lowest BCUT2D eigenvalue weighted by atomic mass is 10.0. The molecule has 2 N–H and O–H groups in total. The van der Waals surface area contributed by atoms with E-state index in [1.807, 2.05) is 13.0 Å². The summed E-state index contributed by atoms with van der Waals surface area (Å²) in [6.45, 7) is 1.98. The standard InChI is InChI=1S/C19H21NO4S/c1-13-5-2-10-18(13)25(23,24)20-17-9-4-7-15(12-17)14-6-3-8-16(11-14)19(21)22/h3-4,6-9,11-13,18,20H,2,5,10H2,1H3,(H,21,22). The molecule has 0 aromatic heterocycles. The van der Waals surface area contributed by atoms with E-state index in [0.29, 0.717) is 12.1 Å². The van der Waals surface area contributed by atoms with Crippen LogP contribution in [0.1, 0.15) is 36.5 Å². The van der Waals surface area contributed by atoms with Gasteiger partial charge in [-0.3, -0.25) is 4.72 Å². The van der Waals surface area contributed by atoms with Crippen LogP contribution in [0.5, 0.6) is 0 Å². The van der Waals surface area contributed by atoms with Crippen LogP contribution in [0, 0.1) is 5.92 Å². The Bertz CT molecular complexity index is 892. The summed E-state index contributed by atoms with van der Waals surface area (Å²) in [6.07, 6.45) is 2.57. The number of carboxylic acid groups (broad SMARTS) is 1. The van der Waals surface area contributed by atoms with Crippen molar-refractivity contribution in [3.8, 4) is 11.1 Å². The predicted molar refractivity (Wildman–Crippen MR) is 98.2 cm³/mol. The number of anilines is 1. The maximum absolute atomic E-state index is 12.6.